The standard InChI is InChI=1S/C14H16N4O2S/c1-9-3-2-4-10(7-9)11(17-13(15)20)8-12(19)18-14-16-5-6-21-14/h2-7,11H,8H2,1H3,(H3,15,17,20)(H,16,18,19)/t11-/m0/s1. The van der Waals surface area contributed by atoms with E-state index in [9.17, 15) is 9.59 Å². The lowest BCUT2D eigenvalue weighted by atomic mass is 10.0. The van der Waals surface area contributed by atoms with Crippen molar-refractivity contribution in [2.45, 2.75) is 19.4 Å². The Balaban J connectivity index is 2.09. The number of nitrogens with two attached hydrogens (primary N) is 1. The quantitative estimate of drug-likeness (QED) is 0.789. The van der Waals surface area contributed by atoms with E-state index in [1.54, 1.807) is 11.6 Å². The Morgan fingerprint density at radius 2 is 2.24 bits per heavy atom. The van der Waals surface area contributed by atoms with E-state index in [0.29, 0.717) is 5.13 Å². The van der Waals surface area contributed by atoms with Crippen LogP contribution in [0.3, 0.4) is 0 Å². The van der Waals surface area contributed by atoms with Crippen LogP contribution >= 0.6 is 11.3 Å². The Hall–Kier alpha value is -2.41. The van der Waals surface area contributed by atoms with Gasteiger partial charge in [-0.1, -0.05) is 29.8 Å². The Labute approximate surface area is 126 Å². The van der Waals surface area contributed by atoms with E-state index in [1.165, 1.54) is 11.3 Å². The molecule has 0 bridgehead atoms. The van der Waals surface area contributed by atoms with E-state index in [0.717, 1.165) is 11.1 Å². The average molecular weight is 304 g/mol. The first-order chi connectivity index (χ1) is 10.0. The number of thiazole rings is 1. The topological polar surface area (TPSA) is 97.1 Å². The molecule has 110 valence electrons. The van der Waals surface area contributed by atoms with E-state index in [1.807, 2.05) is 31.2 Å². The molecule has 0 saturated carbocycles. The molecular weight excluding hydrogens is 288 g/mol. The minimum atomic E-state index is -0.663. The van der Waals surface area contributed by atoms with Crippen molar-refractivity contribution in [2.24, 2.45) is 5.73 Å². The van der Waals surface area contributed by atoms with Gasteiger partial charge in [-0.3, -0.25) is 4.79 Å². The molecule has 1 atom stereocenters. The van der Waals surface area contributed by atoms with Gasteiger partial charge in [-0.15, -0.1) is 11.3 Å². The summed E-state index contributed by atoms with van der Waals surface area (Å²) in [5.41, 5.74) is 7.07. The molecule has 0 radical (unpaired) electrons. The van der Waals surface area contributed by atoms with Gasteiger partial charge in [0.25, 0.3) is 0 Å². The van der Waals surface area contributed by atoms with E-state index in [2.05, 4.69) is 15.6 Å². The highest BCUT2D eigenvalue weighted by molar-refractivity contribution is 7.13. The van der Waals surface area contributed by atoms with Crippen molar-refractivity contribution in [2.75, 3.05) is 5.32 Å². The maximum Gasteiger partial charge on any atom is 0.312 e. The van der Waals surface area contributed by atoms with Crippen LogP contribution in [0.25, 0.3) is 0 Å². The molecule has 0 spiro atoms. The predicted molar refractivity (Wildman–Crippen MR) is 82.0 cm³/mol. The Bertz CT molecular complexity index is 628. The second kappa shape index (κ2) is 6.85. The molecule has 0 saturated heterocycles. The summed E-state index contributed by atoms with van der Waals surface area (Å²) in [7, 11) is 0. The van der Waals surface area contributed by atoms with E-state index in [-0.39, 0.29) is 12.3 Å². The van der Waals surface area contributed by atoms with Gasteiger partial charge in [-0.05, 0) is 12.5 Å². The molecule has 0 aliphatic carbocycles. The van der Waals surface area contributed by atoms with Crippen molar-refractivity contribution < 1.29 is 9.59 Å². The number of primary amides is 1. The lowest BCUT2D eigenvalue weighted by Gasteiger charge is -2.17. The maximum absolute atomic E-state index is 12.0. The number of nitrogens with zero attached hydrogens (tertiary/aromatic N) is 1. The van der Waals surface area contributed by atoms with Crippen LogP contribution in [0.5, 0.6) is 0 Å². The largest absolute Gasteiger partial charge is 0.352 e. The van der Waals surface area contributed by atoms with Crippen LogP contribution in [0.1, 0.15) is 23.6 Å². The Kier molecular flexibility index (Phi) is 4.89. The van der Waals surface area contributed by atoms with Crippen LogP contribution < -0.4 is 16.4 Å². The third kappa shape index (κ3) is 4.57. The summed E-state index contributed by atoms with van der Waals surface area (Å²) in [6, 6.07) is 6.45. The SMILES string of the molecule is Cc1cccc([C@H](CC(=O)Nc2nccs2)NC(N)=O)c1. The molecule has 1 aromatic heterocycles. The zero-order chi connectivity index (χ0) is 15.2. The second-order valence-electron chi connectivity index (χ2n) is 4.56. The van der Waals surface area contributed by atoms with Crippen LogP contribution in [0.2, 0.25) is 0 Å². The second-order valence-corrected chi connectivity index (χ2v) is 5.46. The number of nitrogens with one attached hydrogen (secondary N) is 2. The maximum atomic E-state index is 12.0. The first-order valence-corrected chi connectivity index (χ1v) is 7.24. The van der Waals surface area contributed by atoms with Gasteiger partial charge in [0.2, 0.25) is 5.91 Å². The molecule has 6 nitrogen and oxygen atoms in total. The average Bonchev–Trinajstić information content (AvgIpc) is 2.90. The van der Waals surface area contributed by atoms with Gasteiger partial charge in [0.05, 0.1) is 12.5 Å². The number of carbonyl (C=O) groups is 2. The molecule has 0 unspecified atom stereocenters. The summed E-state index contributed by atoms with van der Waals surface area (Å²) in [6.45, 7) is 1.94. The Morgan fingerprint density at radius 3 is 2.86 bits per heavy atom. The normalized spacial score (nSPS) is 11.7. The molecule has 21 heavy (non-hydrogen) atoms. The van der Waals surface area contributed by atoms with E-state index in [4.69, 9.17) is 5.73 Å². The number of hydrogen-bond acceptors (Lipinski definition) is 4. The highest BCUT2D eigenvalue weighted by Crippen LogP contribution is 2.19. The number of benzene rings is 1. The molecule has 2 rings (SSSR count). The molecule has 2 aromatic rings. The van der Waals surface area contributed by atoms with Crippen LogP contribution in [-0.4, -0.2) is 16.9 Å². The fourth-order valence-corrected chi connectivity index (χ4v) is 2.50. The van der Waals surface area contributed by atoms with Crippen molar-refractivity contribution >= 4 is 28.4 Å². The summed E-state index contributed by atoms with van der Waals surface area (Å²) >= 11 is 1.34. The monoisotopic (exact) mass is 304 g/mol. The van der Waals surface area contributed by atoms with Gasteiger partial charge >= 0.3 is 6.03 Å². The summed E-state index contributed by atoms with van der Waals surface area (Å²) < 4.78 is 0. The van der Waals surface area contributed by atoms with Gasteiger partial charge in [0, 0.05) is 11.6 Å². The van der Waals surface area contributed by atoms with Crippen LogP contribution in [0, 0.1) is 6.92 Å². The van der Waals surface area contributed by atoms with Crippen molar-refractivity contribution in [3.63, 3.8) is 0 Å². The first kappa shape index (κ1) is 15.0. The third-order valence-corrected chi connectivity index (χ3v) is 3.52. The molecule has 4 N–H and O–H groups in total. The summed E-state index contributed by atoms with van der Waals surface area (Å²) in [4.78, 5) is 27.1. The summed E-state index contributed by atoms with van der Waals surface area (Å²) in [5.74, 6) is -0.231. The van der Waals surface area contributed by atoms with Crippen LogP contribution in [-0.2, 0) is 4.79 Å². The van der Waals surface area contributed by atoms with Gasteiger partial charge in [0.1, 0.15) is 0 Å². The third-order valence-electron chi connectivity index (χ3n) is 2.83. The lowest BCUT2D eigenvalue weighted by molar-refractivity contribution is -0.116. The lowest BCUT2D eigenvalue weighted by Crippen LogP contribution is -2.35. The van der Waals surface area contributed by atoms with Crippen molar-refractivity contribution in [3.8, 4) is 0 Å². The number of hydrogen-bond donors (Lipinski definition) is 3. The molecular formula is C14H16N4O2S. The number of amides is 3. The van der Waals surface area contributed by atoms with E-state index < -0.39 is 12.1 Å². The molecule has 0 aliphatic heterocycles. The number of anilines is 1. The first-order valence-electron chi connectivity index (χ1n) is 6.36. The predicted octanol–water partition coefficient (Wildman–Crippen LogP) is 2.19. The fourth-order valence-electron chi connectivity index (χ4n) is 1.95. The number of rotatable bonds is 5. The highest BCUT2D eigenvalue weighted by atomic mass is 32.1. The zero-order valence-corrected chi connectivity index (χ0v) is 12.3. The minimum absolute atomic E-state index is 0.0893. The van der Waals surface area contributed by atoms with Gasteiger partial charge in [-0.2, -0.15) is 0 Å². The smallest absolute Gasteiger partial charge is 0.312 e. The fraction of sp³-hybridized carbons (Fsp3) is 0.214. The molecule has 0 aliphatic rings. The number of aryl methyl sites for hydroxylation is 1. The van der Waals surface area contributed by atoms with Gasteiger partial charge < -0.3 is 16.4 Å². The van der Waals surface area contributed by atoms with E-state index >= 15 is 0 Å². The van der Waals surface area contributed by atoms with Crippen LogP contribution in [0.4, 0.5) is 9.93 Å². The van der Waals surface area contributed by atoms with Crippen molar-refractivity contribution in [1.29, 1.82) is 0 Å². The Morgan fingerprint density at radius 1 is 1.43 bits per heavy atom. The van der Waals surface area contributed by atoms with Gasteiger partial charge in [0.15, 0.2) is 5.13 Å². The van der Waals surface area contributed by atoms with Crippen LogP contribution in [0.15, 0.2) is 35.8 Å². The highest BCUT2D eigenvalue weighted by Gasteiger charge is 2.18. The summed E-state index contributed by atoms with van der Waals surface area (Å²) in [6.07, 6.45) is 1.70. The van der Waals surface area contributed by atoms with Crippen molar-refractivity contribution in [3.05, 3.63) is 47.0 Å². The zero-order valence-electron chi connectivity index (χ0n) is 11.5. The summed E-state index contributed by atoms with van der Waals surface area (Å²) in [5, 5.41) is 7.58. The number of carbonyl (C=O) groups excluding carboxylic acids is 2. The minimum Gasteiger partial charge on any atom is -0.352 e. The van der Waals surface area contributed by atoms with Crippen molar-refractivity contribution in [1.82, 2.24) is 10.3 Å². The molecule has 0 fully saturated rings. The number of urea groups is 1. The molecule has 1 aromatic carbocycles. The molecule has 3 amide bonds. The number of aromatic nitrogens is 1. The molecule has 1 heterocycles. The molecule has 7 heteroatoms. The van der Waals surface area contributed by atoms with Gasteiger partial charge in [-0.25, -0.2) is 9.78 Å².